The van der Waals surface area contributed by atoms with Gasteiger partial charge in [0.1, 0.15) is 18.1 Å². The van der Waals surface area contributed by atoms with Crippen molar-refractivity contribution in [1.29, 1.82) is 0 Å². The molecule has 2 aromatic carbocycles. The van der Waals surface area contributed by atoms with Crippen LogP contribution in [0.5, 0.6) is 11.5 Å². The molecule has 1 fully saturated rings. The van der Waals surface area contributed by atoms with Crippen molar-refractivity contribution >= 4 is 5.91 Å². The normalized spacial score (nSPS) is 19.6. The zero-order chi connectivity index (χ0) is 19.3. The molecule has 2 aromatic rings. The average Bonchev–Trinajstić information content (AvgIpc) is 3.08. The van der Waals surface area contributed by atoms with Crippen LogP contribution in [0.25, 0.3) is 0 Å². The van der Waals surface area contributed by atoms with Gasteiger partial charge in [-0.3, -0.25) is 9.69 Å². The summed E-state index contributed by atoms with van der Waals surface area (Å²) in [4.78, 5) is 17.1. The van der Waals surface area contributed by atoms with Gasteiger partial charge < -0.3 is 14.4 Å². The first-order chi connectivity index (χ1) is 13.7. The number of carbonyl (C=O) groups excluding carboxylic acids is 1. The van der Waals surface area contributed by atoms with Crippen LogP contribution in [0.15, 0.2) is 48.5 Å². The van der Waals surface area contributed by atoms with Crippen molar-refractivity contribution in [2.45, 2.75) is 19.4 Å². The lowest BCUT2D eigenvalue weighted by Crippen LogP contribution is -2.40. The molecule has 28 heavy (non-hydrogen) atoms. The Kier molecular flexibility index (Phi) is 5.81. The number of para-hydroxylation sites is 1. The summed E-state index contributed by atoms with van der Waals surface area (Å²) in [7, 11) is 1.69. The highest BCUT2D eigenvalue weighted by Crippen LogP contribution is 2.24. The van der Waals surface area contributed by atoms with Gasteiger partial charge >= 0.3 is 0 Å². The fraction of sp³-hybridized carbons (Fsp3) is 0.435. The SMILES string of the molecule is COc1ccc(CC2CCN(C(=O)CN3CCOc4ccccc4C3)C2)cc1. The molecule has 2 aliphatic heterocycles. The first kappa shape index (κ1) is 18.8. The minimum absolute atomic E-state index is 0.233. The molecule has 5 nitrogen and oxygen atoms in total. The van der Waals surface area contributed by atoms with Crippen LogP contribution in [0.3, 0.4) is 0 Å². The minimum Gasteiger partial charge on any atom is -0.497 e. The minimum atomic E-state index is 0.233. The van der Waals surface area contributed by atoms with Gasteiger partial charge in [-0.15, -0.1) is 0 Å². The molecule has 0 aromatic heterocycles. The van der Waals surface area contributed by atoms with Crippen LogP contribution in [0.4, 0.5) is 0 Å². The van der Waals surface area contributed by atoms with E-state index in [0.717, 1.165) is 56.1 Å². The summed E-state index contributed by atoms with van der Waals surface area (Å²) in [5, 5.41) is 0. The third-order valence-electron chi connectivity index (χ3n) is 5.71. The molecule has 1 atom stereocenters. The van der Waals surface area contributed by atoms with Crippen LogP contribution in [0.1, 0.15) is 17.5 Å². The first-order valence-corrected chi connectivity index (χ1v) is 10.0. The summed E-state index contributed by atoms with van der Waals surface area (Å²) in [5.41, 5.74) is 2.47. The number of ether oxygens (including phenoxy) is 2. The maximum absolute atomic E-state index is 12.8. The Morgan fingerprint density at radius 2 is 1.96 bits per heavy atom. The molecule has 0 spiro atoms. The smallest absolute Gasteiger partial charge is 0.236 e. The van der Waals surface area contributed by atoms with Crippen LogP contribution in [-0.2, 0) is 17.8 Å². The van der Waals surface area contributed by atoms with Gasteiger partial charge in [0.25, 0.3) is 0 Å². The van der Waals surface area contributed by atoms with Crippen molar-refractivity contribution in [1.82, 2.24) is 9.80 Å². The number of fused-ring (bicyclic) bond motifs is 1. The van der Waals surface area contributed by atoms with E-state index in [1.807, 2.05) is 35.2 Å². The van der Waals surface area contributed by atoms with Crippen molar-refractivity contribution in [2.24, 2.45) is 5.92 Å². The van der Waals surface area contributed by atoms with Gasteiger partial charge in [0.2, 0.25) is 5.91 Å². The number of hydrogen-bond acceptors (Lipinski definition) is 4. The highest BCUT2D eigenvalue weighted by Gasteiger charge is 2.28. The maximum atomic E-state index is 12.8. The number of amides is 1. The molecule has 1 saturated heterocycles. The van der Waals surface area contributed by atoms with Gasteiger partial charge in [0.15, 0.2) is 0 Å². The van der Waals surface area contributed by atoms with E-state index in [1.165, 1.54) is 5.56 Å². The fourth-order valence-electron chi connectivity index (χ4n) is 4.13. The van der Waals surface area contributed by atoms with Gasteiger partial charge in [-0.2, -0.15) is 0 Å². The number of rotatable bonds is 5. The highest BCUT2D eigenvalue weighted by atomic mass is 16.5. The lowest BCUT2D eigenvalue weighted by atomic mass is 9.99. The van der Waals surface area contributed by atoms with E-state index in [-0.39, 0.29) is 5.91 Å². The molecule has 148 valence electrons. The van der Waals surface area contributed by atoms with E-state index >= 15 is 0 Å². The second-order valence-electron chi connectivity index (χ2n) is 7.71. The number of nitrogens with zero attached hydrogens (tertiary/aromatic N) is 2. The third-order valence-corrected chi connectivity index (χ3v) is 5.71. The number of carbonyl (C=O) groups is 1. The topological polar surface area (TPSA) is 42.0 Å². The van der Waals surface area contributed by atoms with E-state index in [9.17, 15) is 4.79 Å². The Bertz CT molecular complexity index is 806. The molecular weight excluding hydrogens is 352 g/mol. The zero-order valence-corrected chi connectivity index (χ0v) is 16.5. The van der Waals surface area contributed by atoms with Gasteiger partial charge in [0.05, 0.1) is 13.7 Å². The average molecular weight is 380 g/mol. The van der Waals surface area contributed by atoms with Crippen molar-refractivity contribution in [3.05, 3.63) is 59.7 Å². The Labute approximate surface area is 166 Å². The van der Waals surface area contributed by atoms with Gasteiger partial charge in [0, 0.05) is 31.7 Å². The van der Waals surface area contributed by atoms with Crippen LogP contribution in [0.2, 0.25) is 0 Å². The standard InChI is InChI=1S/C23H28N2O3/c1-27-21-8-6-18(7-9-21)14-19-10-11-25(15-19)23(26)17-24-12-13-28-22-5-3-2-4-20(22)16-24/h2-9,19H,10-17H2,1H3. The summed E-state index contributed by atoms with van der Waals surface area (Å²) < 4.78 is 11.0. The number of likely N-dealkylation sites (tertiary alicyclic amines) is 1. The second kappa shape index (κ2) is 8.65. The largest absolute Gasteiger partial charge is 0.497 e. The van der Waals surface area contributed by atoms with Gasteiger partial charge in [-0.05, 0) is 42.5 Å². The van der Waals surface area contributed by atoms with E-state index < -0.39 is 0 Å². The van der Waals surface area contributed by atoms with Gasteiger partial charge in [-0.1, -0.05) is 30.3 Å². The van der Waals surface area contributed by atoms with E-state index in [0.29, 0.717) is 19.1 Å². The molecule has 0 saturated carbocycles. The van der Waals surface area contributed by atoms with Crippen molar-refractivity contribution in [2.75, 3.05) is 39.9 Å². The molecule has 4 rings (SSSR count). The number of benzene rings is 2. The summed E-state index contributed by atoms with van der Waals surface area (Å²) in [6.45, 7) is 4.36. The van der Waals surface area contributed by atoms with Gasteiger partial charge in [-0.25, -0.2) is 0 Å². The van der Waals surface area contributed by atoms with E-state index in [1.54, 1.807) is 7.11 Å². The molecule has 2 heterocycles. The third kappa shape index (κ3) is 4.47. The molecule has 1 amide bonds. The molecule has 0 aliphatic carbocycles. The lowest BCUT2D eigenvalue weighted by molar-refractivity contribution is -0.131. The Morgan fingerprint density at radius 3 is 2.79 bits per heavy atom. The molecule has 0 N–H and O–H groups in total. The highest BCUT2D eigenvalue weighted by molar-refractivity contribution is 5.78. The predicted molar refractivity (Wildman–Crippen MR) is 109 cm³/mol. The zero-order valence-electron chi connectivity index (χ0n) is 16.5. The summed E-state index contributed by atoms with van der Waals surface area (Å²) in [5.74, 6) is 2.59. The molecular formula is C23H28N2O3. The molecule has 0 bridgehead atoms. The van der Waals surface area contributed by atoms with Crippen molar-refractivity contribution in [3.8, 4) is 11.5 Å². The van der Waals surface area contributed by atoms with Crippen LogP contribution in [0, 0.1) is 5.92 Å². The summed E-state index contributed by atoms with van der Waals surface area (Å²) in [6, 6.07) is 16.4. The quantitative estimate of drug-likeness (QED) is 0.800. The van der Waals surface area contributed by atoms with Crippen LogP contribution >= 0.6 is 0 Å². The lowest BCUT2D eigenvalue weighted by Gasteiger charge is -2.23. The molecule has 2 aliphatic rings. The maximum Gasteiger partial charge on any atom is 0.236 e. The van der Waals surface area contributed by atoms with E-state index in [4.69, 9.17) is 9.47 Å². The fourth-order valence-corrected chi connectivity index (χ4v) is 4.13. The Morgan fingerprint density at radius 1 is 1.14 bits per heavy atom. The van der Waals surface area contributed by atoms with Crippen LogP contribution < -0.4 is 9.47 Å². The van der Waals surface area contributed by atoms with Crippen molar-refractivity contribution in [3.63, 3.8) is 0 Å². The van der Waals surface area contributed by atoms with E-state index in [2.05, 4.69) is 23.1 Å². The van der Waals surface area contributed by atoms with Crippen LogP contribution in [-0.4, -0.2) is 55.6 Å². The molecule has 1 unspecified atom stereocenters. The second-order valence-corrected chi connectivity index (χ2v) is 7.71. The molecule has 5 heteroatoms. The predicted octanol–water partition coefficient (Wildman–Crippen LogP) is 2.98. The Balaban J connectivity index is 1.29. The van der Waals surface area contributed by atoms with Crippen molar-refractivity contribution < 1.29 is 14.3 Å². The monoisotopic (exact) mass is 380 g/mol. The first-order valence-electron chi connectivity index (χ1n) is 10.0. The molecule has 0 radical (unpaired) electrons. The summed E-state index contributed by atoms with van der Waals surface area (Å²) in [6.07, 6.45) is 2.09. The number of hydrogen-bond donors (Lipinski definition) is 0. The summed E-state index contributed by atoms with van der Waals surface area (Å²) >= 11 is 0. The Hall–Kier alpha value is -2.53. The number of methoxy groups -OCH3 is 1.